The van der Waals surface area contributed by atoms with Crippen molar-refractivity contribution in [3.63, 3.8) is 0 Å². The normalized spacial score (nSPS) is 10.1. The van der Waals surface area contributed by atoms with Gasteiger partial charge >= 0.3 is 0 Å². The molecule has 0 fully saturated rings. The summed E-state index contributed by atoms with van der Waals surface area (Å²) in [7, 11) is 0. The number of carbonyl (C=O) groups is 1. The van der Waals surface area contributed by atoms with Gasteiger partial charge in [0.25, 0.3) is 0 Å². The van der Waals surface area contributed by atoms with Gasteiger partial charge in [-0.05, 0) is 24.6 Å². The molecule has 4 heteroatoms. The van der Waals surface area contributed by atoms with Gasteiger partial charge in [0.2, 0.25) is 5.91 Å². The quantitative estimate of drug-likeness (QED) is 0.907. The maximum Gasteiger partial charge on any atom is 0.221 e. The molecule has 1 aromatic heterocycles. The van der Waals surface area contributed by atoms with Crippen LogP contribution in [-0.2, 0) is 11.3 Å². The van der Waals surface area contributed by atoms with Crippen LogP contribution in [0.15, 0.2) is 48.7 Å². The first-order valence-electron chi connectivity index (χ1n) is 6.71. The average Bonchev–Trinajstić information content (AvgIpc) is 2.46. The standard InChI is InChI=1S/C16H19N3O/c1-3-19(12-14-7-5-4-6-8-14)16-10-9-15(11-17-16)18-13(2)20/h4-11H,3,12H2,1-2H3,(H,18,20). The van der Waals surface area contributed by atoms with E-state index in [-0.39, 0.29) is 5.91 Å². The number of carbonyl (C=O) groups excluding carboxylic acids is 1. The molecular formula is C16H19N3O. The highest BCUT2D eigenvalue weighted by Gasteiger charge is 2.06. The summed E-state index contributed by atoms with van der Waals surface area (Å²) in [6.07, 6.45) is 1.68. The van der Waals surface area contributed by atoms with Gasteiger partial charge in [-0.2, -0.15) is 0 Å². The Morgan fingerprint density at radius 1 is 1.20 bits per heavy atom. The van der Waals surface area contributed by atoms with E-state index in [9.17, 15) is 4.79 Å². The fourth-order valence-electron chi connectivity index (χ4n) is 2.01. The van der Waals surface area contributed by atoms with E-state index in [1.165, 1.54) is 12.5 Å². The molecule has 0 aliphatic carbocycles. The number of nitrogens with zero attached hydrogens (tertiary/aromatic N) is 2. The number of benzene rings is 1. The Hall–Kier alpha value is -2.36. The second-order valence-corrected chi connectivity index (χ2v) is 4.59. The van der Waals surface area contributed by atoms with E-state index in [2.05, 4.69) is 34.3 Å². The SMILES string of the molecule is CCN(Cc1ccccc1)c1ccc(NC(C)=O)cn1. The molecule has 0 unspecified atom stereocenters. The van der Waals surface area contributed by atoms with E-state index in [1.807, 2.05) is 30.3 Å². The maximum atomic E-state index is 11.0. The van der Waals surface area contributed by atoms with Crippen molar-refractivity contribution >= 4 is 17.4 Å². The van der Waals surface area contributed by atoms with Gasteiger partial charge in [-0.25, -0.2) is 4.98 Å². The molecule has 2 rings (SSSR count). The van der Waals surface area contributed by atoms with E-state index in [0.717, 1.165) is 24.6 Å². The molecule has 104 valence electrons. The van der Waals surface area contributed by atoms with Crippen molar-refractivity contribution in [1.82, 2.24) is 4.98 Å². The summed E-state index contributed by atoms with van der Waals surface area (Å²) in [4.78, 5) is 17.6. The Kier molecular flexibility index (Phi) is 4.71. The van der Waals surface area contributed by atoms with Gasteiger partial charge < -0.3 is 10.2 Å². The van der Waals surface area contributed by atoms with Crippen LogP contribution in [0.25, 0.3) is 0 Å². The summed E-state index contributed by atoms with van der Waals surface area (Å²) in [5.74, 6) is 0.821. The highest BCUT2D eigenvalue weighted by Crippen LogP contribution is 2.16. The largest absolute Gasteiger partial charge is 0.353 e. The van der Waals surface area contributed by atoms with Crippen molar-refractivity contribution < 1.29 is 4.79 Å². The van der Waals surface area contributed by atoms with Crippen LogP contribution in [0.5, 0.6) is 0 Å². The molecule has 0 radical (unpaired) electrons. The third-order valence-corrected chi connectivity index (χ3v) is 2.99. The van der Waals surface area contributed by atoms with Gasteiger partial charge in [-0.15, -0.1) is 0 Å². The first-order chi connectivity index (χ1) is 9.69. The molecule has 20 heavy (non-hydrogen) atoms. The first-order valence-corrected chi connectivity index (χ1v) is 6.71. The van der Waals surface area contributed by atoms with Crippen LogP contribution < -0.4 is 10.2 Å². The summed E-state index contributed by atoms with van der Waals surface area (Å²) in [5.41, 5.74) is 1.97. The van der Waals surface area contributed by atoms with Crippen LogP contribution in [0.3, 0.4) is 0 Å². The van der Waals surface area contributed by atoms with E-state index in [0.29, 0.717) is 0 Å². The molecule has 0 aliphatic rings. The number of hydrogen-bond acceptors (Lipinski definition) is 3. The smallest absolute Gasteiger partial charge is 0.221 e. The number of anilines is 2. The van der Waals surface area contributed by atoms with Crippen LogP contribution in [-0.4, -0.2) is 17.4 Å². The monoisotopic (exact) mass is 269 g/mol. The van der Waals surface area contributed by atoms with Gasteiger partial charge in [-0.1, -0.05) is 30.3 Å². The zero-order valence-electron chi connectivity index (χ0n) is 11.8. The van der Waals surface area contributed by atoms with Gasteiger partial charge in [-0.3, -0.25) is 4.79 Å². The lowest BCUT2D eigenvalue weighted by molar-refractivity contribution is -0.114. The van der Waals surface area contributed by atoms with Crippen molar-refractivity contribution in [2.24, 2.45) is 0 Å². The molecule has 0 saturated carbocycles. The zero-order valence-corrected chi connectivity index (χ0v) is 11.8. The van der Waals surface area contributed by atoms with E-state index in [1.54, 1.807) is 6.20 Å². The van der Waals surface area contributed by atoms with Gasteiger partial charge in [0, 0.05) is 20.0 Å². The van der Waals surface area contributed by atoms with Crippen molar-refractivity contribution in [3.05, 3.63) is 54.2 Å². The number of rotatable bonds is 5. The fraction of sp³-hybridized carbons (Fsp3) is 0.250. The molecule has 0 saturated heterocycles. The molecular weight excluding hydrogens is 250 g/mol. The van der Waals surface area contributed by atoms with Gasteiger partial charge in [0.15, 0.2) is 0 Å². The Labute approximate surface area is 119 Å². The lowest BCUT2D eigenvalue weighted by Gasteiger charge is -2.22. The fourth-order valence-corrected chi connectivity index (χ4v) is 2.01. The minimum atomic E-state index is -0.0869. The topological polar surface area (TPSA) is 45.2 Å². The molecule has 1 heterocycles. The van der Waals surface area contributed by atoms with E-state index < -0.39 is 0 Å². The van der Waals surface area contributed by atoms with Gasteiger partial charge in [0.05, 0.1) is 11.9 Å². The highest BCUT2D eigenvalue weighted by atomic mass is 16.1. The van der Waals surface area contributed by atoms with Crippen LogP contribution in [0.2, 0.25) is 0 Å². The number of nitrogens with one attached hydrogen (secondary N) is 1. The van der Waals surface area contributed by atoms with Crippen molar-refractivity contribution in [2.75, 3.05) is 16.8 Å². The predicted octanol–water partition coefficient (Wildman–Crippen LogP) is 3.07. The summed E-state index contributed by atoms with van der Waals surface area (Å²) in [5, 5.41) is 2.72. The first kappa shape index (κ1) is 14.1. The average molecular weight is 269 g/mol. The molecule has 0 atom stereocenters. The lowest BCUT2D eigenvalue weighted by Crippen LogP contribution is -2.23. The van der Waals surface area contributed by atoms with Crippen molar-refractivity contribution in [3.8, 4) is 0 Å². The molecule has 0 aliphatic heterocycles. The number of hydrogen-bond donors (Lipinski definition) is 1. The van der Waals surface area contributed by atoms with Crippen molar-refractivity contribution in [1.29, 1.82) is 0 Å². The third-order valence-electron chi connectivity index (χ3n) is 2.99. The second kappa shape index (κ2) is 6.70. The lowest BCUT2D eigenvalue weighted by atomic mass is 10.2. The molecule has 0 bridgehead atoms. The summed E-state index contributed by atoms with van der Waals surface area (Å²) < 4.78 is 0. The molecule has 0 spiro atoms. The Morgan fingerprint density at radius 2 is 1.95 bits per heavy atom. The minimum Gasteiger partial charge on any atom is -0.353 e. The van der Waals surface area contributed by atoms with E-state index in [4.69, 9.17) is 0 Å². The van der Waals surface area contributed by atoms with E-state index >= 15 is 0 Å². The Balaban J connectivity index is 2.09. The Morgan fingerprint density at radius 3 is 2.50 bits per heavy atom. The molecule has 4 nitrogen and oxygen atoms in total. The van der Waals surface area contributed by atoms with Gasteiger partial charge in [0.1, 0.15) is 5.82 Å². The number of amides is 1. The van der Waals surface area contributed by atoms with Crippen LogP contribution in [0, 0.1) is 0 Å². The highest BCUT2D eigenvalue weighted by molar-refractivity contribution is 5.88. The Bertz CT molecular complexity index is 552. The summed E-state index contributed by atoms with van der Waals surface area (Å²) in [6, 6.07) is 14.1. The molecule has 2 aromatic rings. The van der Waals surface area contributed by atoms with Crippen LogP contribution >= 0.6 is 0 Å². The summed E-state index contributed by atoms with van der Waals surface area (Å²) >= 11 is 0. The summed E-state index contributed by atoms with van der Waals surface area (Å²) in [6.45, 7) is 5.29. The number of aromatic nitrogens is 1. The molecule has 1 amide bonds. The van der Waals surface area contributed by atoms with Crippen LogP contribution in [0.4, 0.5) is 11.5 Å². The van der Waals surface area contributed by atoms with Crippen LogP contribution in [0.1, 0.15) is 19.4 Å². The third kappa shape index (κ3) is 3.82. The zero-order chi connectivity index (χ0) is 14.4. The second-order valence-electron chi connectivity index (χ2n) is 4.59. The maximum absolute atomic E-state index is 11.0. The van der Waals surface area contributed by atoms with Crippen molar-refractivity contribution in [2.45, 2.75) is 20.4 Å². The molecule has 1 N–H and O–H groups in total. The predicted molar refractivity (Wildman–Crippen MR) is 81.7 cm³/mol. The number of pyridine rings is 1. The minimum absolute atomic E-state index is 0.0869. The molecule has 1 aromatic carbocycles.